The Morgan fingerprint density at radius 3 is 2.85 bits per heavy atom. The number of rotatable bonds is 6. The molecule has 0 saturated carbocycles. The van der Waals surface area contributed by atoms with Crippen molar-refractivity contribution < 1.29 is 4.79 Å². The maximum atomic E-state index is 11.8. The summed E-state index contributed by atoms with van der Waals surface area (Å²) in [5.74, 6) is 0.903. The topological polar surface area (TPSA) is 59.0 Å². The molecule has 5 nitrogen and oxygen atoms in total. The molecule has 0 aliphatic carbocycles. The summed E-state index contributed by atoms with van der Waals surface area (Å²) in [6.45, 7) is 4.18. The van der Waals surface area contributed by atoms with Crippen molar-refractivity contribution in [1.29, 1.82) is 0 Å². The molecule has 0 aromatic carbocycles. The Morgan fingerprint density at radius 2 is 2.30 bits per heavy atom. The van der Waals surface area contributed by atoms with Gasteiger partial charge in [-0.2, -0.15) is 0 Å². The van der Waals surface area contributed by atoms with E-state index in [1.54, 1.807) is 17.5 Å². The van der Waals surface area contributed by atoms with E-state index in [1.165, 1.54) is 0 Å². The summed E-state index contributed by atoms with van der Waals surface area (Å²) in [6, 6.07) is 4.15. The molecule has 2 aromatic rings. The van der Waals surface area contributed by atoms with E-state index in [1.807, 2.05) is 43.1 Å². The second-order valence-electron chi connectivity index (χ2n) is 4.95. The standard InChI is InChI=1S/C14H20N4OS/c1-10(2)17-12(19)9-16-13(11-5-4-8-20-11)14-15-6-7-18(14)3/h4-8,10,13,16H,9H2,1-3H3,(H,17,19). The van der Waals surface area contributed by atoms with Crippen LogP contribution in [0.5, 0.6) is 0 Å². The van der Waals surface area contributed by atoms with Crippen molar-refractivity contribution in [2.45, 2.75) is 25.9 Å². The van der Waals surface area contributed by atoms with Gasteiger partial charge in [-0.15, -0.1) is 11.3 Å². The summed E-state index contributed by atoms with van der Waals surface area (Å²) in [6.07, 6.45) is 3.68. The van der Waals surface area contributed by atoms with Crippen LogP contribution in [0.2, 0.25) is 0 Å². The maximum Gasteiger partial charge on any atom is 0.234 e. The van der Waals surface area contributed by atoms with Gasteiger partial charge in [0.1, 0.15) is 11.9 Å². The van der Waals surface area contributed by atoms with Gasteiger partial charge in [0.05, 0.1) is 6.54 Å². The zero-order valence-electron chi connectivity index (χ0n) is 12.0. The van der Waals surface area contributed by atoms with Crippen LogP contribution in [0.1, 0.15) is 30.6 Å². The number of imidazole rings is 1. The molecule has 108 valence electrons. The van der Waals surface area contributed by atoms with Gasteiger partial charge in [-0.05, 0) is 25.3 Å². The zero-order valence-corrected chi connectivity index (χ0v) is 12.8. The molecule has 0 fully saturated rings. The highest BCUT2D eigenvalue weighted by Gasteiger charge is 2.19. The molecule has 1 atom stereocenters. The molecular formula is C14H20N4OS. The average molecular weight is 292 g/mol. The number of amides is 1. The van der Waals surface area contributed by atoms with Gasteiger partial charge in [0, 0.05) is 30.4 Å². The normalized spacial score (nSPS) is 12.6. The Balaban J connectivity index is 2.09. The fraction of sp³-hybridized carbons (Fsp3) is 0.429. The summed E-state index contributed by atoms with van der Waals surface area (Å²) in [4.78, 5) is 17.3. The summed E-state index contributed by atoms with van der Waals surface area (Å²) < 4.78 is 1.97. The quantitative estimate of drug-likeness (QED) is 0.852. The van der Waals surface area contributed by atoms with Crippen molar-refractivity contribution in [1.82, 2.24) is 20.2 Å². The third-order valence-corrected chi connectivity index (χ3v) is 3.80. The average Bonchev–Trinajstić information content (AvgIpc) is 3.01. The molecule has 2 rings (SSSR count). The van der Waals surface area contributed by atoms with Gasteiger partial charge < -0.3 is 9.88 Å². The Bertz CT molecular complexity index is 547. The lowest BCUT2D eigenvalue weighted by Gasteiger charge is -2.17. The summed E-state index contributed by atoms with van der Waals surface area (Å²) in [7, 11) is 1.96. The third-order valence-electron chi connectivity index (χ3n) is 2.86. The van der Waals surface area contributed by atoms with Crippen LogP contribution in [-0.2, 0) is 11.8 Å². The highest BCUT2D eigenvalue weighted by molar-refractivity contribution is 7.10. The first-order chi connectivity index (χ1) is 9.58. The number of hydrogen-bond donors (Lipinski definition) is 2. The van der Waals surface area contributed by atoms with E-state index in [9.17, 15) is 4.79 Å². The van der Waals surface area contributed by atoms with Crippen LogP contribution in [-0.4, -0.2) is 28.0 Å². The molecule has 0 bridgehead atoms. The molecule has 2 aromatic heterocycles. The highest BCUT2D eigenvalue weighted by atomic mass is 32.1. The number of nitrogens with one attached hydrogen (secondary N) is 2. The highest BCUT2D eigenvalue weighted by Crippen LogP contribution is 2.24. The molecule has 0 aliphatic rings. The lowest BCUT2D eigenvalue weighted by atomic mass is 10.2. The number of nitrogens with zero attached hydrogens (tertiary/aromatic N) is 2. The van der Waals surface area contributed by atoms with Crippen molar-refractivity contribution in [2.24, 2.45) is 7.05 Å². The van der Waals surface area contributed by atoms with Crippen LogP contribution in [0.15, 0.2) is 29.9 Å². The molecule has 1 amide bonds. The first-order valence-corrected chi connectivity index (χ1v) is 7.49. The van der Waals surface area contributed by atoms with Crippen LogP contribution >= 0.6 is 11.3 Å². The maximum absolute atomic E-state index is 11.8. The van der Waals surface area contributed by atoms with Gasteiger partial charge in [-0.25, -0.2) is 4.98 Å². The number of aryl methyl sites for hydroxylation is 1. The molecule has 20 heavy (non-hydrogen) atoms. The monoisotopic (exact) mass is 292 g/mol. The zero-order chi connectivity index (χ0) is 14.5. The van der Waals surface area contributed by atoms with Crippen LogP contribution < -0.4 is 10.6 Å². The fourth-order valence-electron chi connectivity index (χ4n) is 2.00. The number of aromatic nitrogens is 2. The second-order valence-corrected chi connectivity index (χ2v) is 5.93. The van der Waals surface area contributed by atoms with Gasteiger partial charge in [0.25, 0.3) is 0 Å². The van der Waals surface area contributed by atoms with E-state index in [0.29, 0.717) is 0 Å². The van der Waals surface area contributed by atoms with E-state index in [2.05, 4.69) is 21.7 Å². The first kappa shape index (κ1) is 14.7. The Morgan fingerprint density at radius 1 is 1.50 bits per heavy atom. The van der Waals surface area contributed by atoms with Crippen LogP contribution in [0, 0.1) is 0 Å². The number of thiophene rings is 1. The van der Waals surface area contributed by atoms with E-state index < -0.39 is 0 Å². The van der Waals surface area contributed by atoms with Gasteiger partial charge in [-0.3, -0.25) is 10.1 Å². The van der Waals surface area contributed by atoms with Gasteiger partial charge in [0.15, 0.2) is 0 Å². The smallest absolute Gasteiger partial charge is 0.234 e. The fourth-order valence-corrected chi connectivity index (χ4v) is 2.79. The molecule has 2 heterocycles. The predicted octanol–water partition coefficient (Wildman–Crippen LogP) is 1.69. The Labute approximate surface area is 123 Å². The predicted molar refractivity (Wildman–Crippen MR) is 80.7 cm³/mol. The minimum Gasteiger partial charge on any atom is -0.353 e. The Hall–Kier alpha value is -1.66. The molecule has 0 saturated heterocycles. The van der Waals surface area contributed by atoms with Crippen LogP contribution in [0.4, 0.5) is 0 Å². The molecule has 6 heteroatoms. The third kappa shape index (κ3) is 3.68. The van der Waals surface area contributed by atoms with Crippen molar-refractivity contribution in [3.05, 3.63) is 40.6 Å². The minimum absolute atomic E-state index is 0.00392. The van der Waals surface area contributed by atoms with E-state index in [0.717, 1.165) is 10.7 Å². The minimum atomic E-state index is -0.0621. The summed E-state index contributed by atoms with van der Waals surface area (Å²) >= 11 is 1.66. The molecule has 0 aliphatic heterocycles. The summed E-state index contributed by atoms with van der Waals surface area (Å²) in [5.41, 5.74) is 0. The van der Waals surface area contributed by atoms with E-state index in [-0.39, 0.29) is 24.5 Å². The van der Waals surface area contributed by atoms with Crippen molar-refractivity contribution >= 4 is 17.2 Å². The van der Waals surface area contributed by atoms with E-state index in [4.69, 9.17) is 0 Å². The van der Waals surface area contributed by atoms with Crippen LogP contribution in [0.3, 0.4) is 0 Å². The van der Waals surface area contributed by atoms with Crippen LogP contribution in [0.25, 0.3) is 0 Å². The molecular weight excluding hydrogens is 272 g/mol. The lowest BCUT2D eigenvalue weighted by Crippen LogP contribution is -2.39. The SMILES string of the molecule is CC(C)NC(=O)CNC(c1cccs1)c1nccn1C. The molecule has 2 N–H and O–H groups in total. The van der Waals surface area contributed by atoms with Gasteiger partial charge in [-0.1, -0.05) is 6.07 Å². The van der Waals surface area contributed by atoms with Crippen molar-refractivity contribution in [3.8, 4) is 0 Å². The molecule has 0 spiro atoms. The lowest BCUT2D eigenvalue weighted by molar-refractivity contribution is -0.120. The first-order valence-electron chi connectivity index (χ1n) is 6.61. The Kier molecular flexibility index (Phi) is 4.92. The van der Waals surface area contributed by atoms with Crippen molar-refractivity contribution in [2.75, 3.05) is 6.54 Å². The molecule has 0 radical (unpaired) electrons. The number of hydrogen-bond acceptors (Lipinski definition) is 4. The molecule has 1 unspecified atom stereocenters. The van der Waals surface area contributed by atoms with E-state index >= 15 is 0 Å². The summed E-state index contributed by atoms with van der Waals surface area (Å²) in [5, 5.41) is 8.19. The largest absolute Gasteiger partial charge is 0.353 e. The second kappa shape index (κ2) is 6.67. The number of carbonyl (C=O) groups is 1. The van der Waals surface area contributed by atoms with Gasteiger partial charge in [0.2, 0.25) is 5.91 Å². The number of carbonyl (C=O) groups excluding carboxylic acids is 1. The van der Waals surface area contributed by atoms with Gasteiger partial charge >= 0.3 is 0 Å². The van der Waals surface area contributed by atoms with Crippen molar-refractivity contribution in [3.63, 3.8) is 0 Å².